The number of carbonyl (C=O) groups excluding carboxylic acids is 1. The molecule has 1 aromatic heterocycles. The van der Waals surface area contributed by atoms with E-state index in [0.717, 1.165) is 15.7 Å². The number of nitrogens with zero attached hydrogens (tertiary/aromatic N) is 2. The van der Waals surface area contributed by atoms with E-state index in [1.54, 1.807) is 6.92 Å². The monoisotopic (exact) mass is 358 g/mol. The summed E-state index contributed by atoms with van der Waals surface area (Å²) in [6.45, 7) is 1.76. The summed E-state index contributed by atoms with van der Waals surface area (Å²) in [6, 6.07) is 6.54. The van der Waals surface area contributed by atoms with Crippen molar-refractivity contribution in [2.24, 2.45) is 0 Å². The second-order valence-corrected chi connectivity index (χ2v) is 5.50. The normalized spacial score (nSPS) is 11.4. The molecule has 0 aliphatic carbocycles. The zero-order valence-electron chi connectivity index (χ0n) is 12.9. The fraction of sp³-hybridized carbons (Fsp3) is 0.250. The minimum absolute atomic E-state index is 0.155. The molecule has 2 aromatic rings. The van der Waals surface area contributed by atoms with Crippen molar-refractivity contribution in [3.63, 3.8) is 0 Å². The topological polar surface area (TPSA) is 42.3 Å². The van der Waals surface area contributed by atoms with Crippen molar-refractivity contribution >= 4 is 23.2 Å². The number of aryl methyl sites for hydroxylation is 1. The fourth-order valence-corrected chi connectivity index (χ4v) is 2.31. The van der Waals surface area contributed by atoms with E-state index in [2.05, 4.69) is 0 Å². The van der Waals surface area contributed by atoms with Crippen LogP contribution < -0.4 is 10.5 Å². The molecule has 0 unspecified atom stereocenters. The van der Waals surface area contributed by atoms with Crippen LogP contribution in [0.4, 0.5) is 18.9 Å². The van der Waals surface area contributed by atoms with Gasteiger partial charge in [0.15, 0.2) is 0 Å². The summed E-state index contributed by atoms with van der Waals surface area (Å²) < 4.78 is 40.7. The van der Waals surface area contributed by atoms with Crippen molar-refractivity contribution in [2.75, 3.05) is 11.9 Å². The molecule has 24 heavy (non-hydrogen) atoms. The second kappa shape index (κ2) is 6.68. The summed E-state index contributed by atoms with van der Waals surface area (Å²) in [5, 5.41) is 0.440. The Labute approximate surface area is 141 Å². The van der Waals surface area contributed by atoms with Crippen LogP contribution in [0.1, 0.15) is 22.8 Å². The van der Waals surface area contributed by atoms with E-state index in [-0.39, 0.29) is 6.54 Å². The molecule has 1 amide bonds. The number of carbonyl (C=O) groups is 1. The largest absolute Gasteiger partial charge is 0.417 e. The third-order valence-corrected chi connectivity index (χ3v) is 3.77. The van der Waals surface area contributed by atoms with Crippen LogP contribution in [0.15, 0.2) is 41.3 Å². The molecule has 0 spiro atoms. The van der Waals surface area contributed by atoms with Gasteiger partial charge in [0.25, 0.3) is 11.5 Å². The maximum absolute atomic E-state index is 13.2. The smallest absolute Gasteiger partial charge is 0.315 e. The highest BCUT2D eigenvalue weighted by atomic mass is 35.5. The Morgan fingerprint density at radius 1 is 1.25 bits per heavy atom. The number of halogens is 4. The van der Waals surface area contributed by atoms with Gasteiger partial charge in [-0.2, -0.15) is 13.2 Å². The van der Waals surface area contributed by atoms with Crippen molar-refractivity contribution in [2.45, 2.75) is 19.6 Å². The van der Waals surface area contributed by atoms with Gasteiger partial charge in [0, 0.05) is 36.6 Å². The van der Waals surface area contributed by atoms with Gasteiger partial charge in [-0.05, 0) is 31.2 Å². The molecule has 2 rings (SSSR count). The Kier molecular flexibility index (Phi) is 5.03. The molecule has 0 saturated heterocycles. The van der Waals surface area contributed by atoms with E-state index in [0.29, 0.717) is 16.8 Å². The Morgan fingerprint density at radius 3 is 2.33 bits per heavy atom. The SMILES string of the molecule is CCn1cc(C(=O)N(C)c2ccc(Cl)cc2)c(C(F)(F)F)cc1=O. The highest BCUT2D eigenvalue weighted by molar-refractivity contribution is 6.30. The number of benzene rings is 1. The van der Waals surface area contributed by atoms with Gasteiger partial charge in [0.1, 0.15) is 0 Å². The molecule has 4 nitrogen and oxygen atoms in total. The van der Waals surface area contributed by atoms with Crippen LogP contribution >= 0.6 is 11.6 Å². The number of rotatable bonds is 3. The van der Waals surface area contributed by atoms with Crippen LogP contribution in [0.2, 0.25) is 5.02 Å². The molecule has 128 valence electrons. The van der Waals surface area contributed by atoms with E-state index >= 15 is 0 Å². The predicted molar refractivity (Wildman–Crippen MR) is 85.6 cm³/mol. The van der Waals surface area contributed by atoms with Gasteiger partial charge in [0.05, 0.1) is 11.1 Å². The van der Waals surface area contributed by atoms with Crippen LogP contribution in [-0.2, 0) is 12.7 Å². The number of hydrogen-bond donors (Lipinski definition) is 0. The molecular formula is C16H14ClF3N2O2. The zero-order chi connectivity index (χ0) is 18.1. The van der Waals surface area contributed by atoms with Crippen LogP contribution in [0, 0.1) is 0 Å². The third kappa shape index (κ3) is 3.62. The van der Waals surface area contributed by atoms with Gasteiger partial charge in [-0.25, -0.2) is 0 Å². The molecule has 0 aliphatic rings. The highest BCUT2D eigenvalue weighted by Gasteiger charge is 2.37. The number of alkyl halides is 3. The first-order chi connectivity index (χ1) is 11.1. The first-order valence-corrected chi connectivity index (χ1v) is 7.38. The molecule has 0 saturated carbocycles. The summed E-state index contributed by atoms with van der Waals surface area (Å²) >= 11 is 5.76. The summed E-state index contributed by atoms with van der Waals surface area (Å²) in [4.78, 5) is 25.3. The number of anilines is 1. The van der Waals surface area contributed by atoms with Crippen molar-refractivity contribution in [3.05, 3.63) is 63.0 Å². The van der Waals surface area contributed by atoms with Crippen LogP contribution in [-0.4, -0.2) is 17.5 Å². The molecular weight excluding hydrogens is 345 g/mol. The van der Waals surface area contributed by atoms with Gasteiger partial charge in [-0.15, -0.1) is 0 Å². The number of hydrogen-bond acceptors (Lipinski definition) is 2. The lowest BCUT2D eigenvalue weighted by Gasteiger charge is -2.21. The van der Waals surface area contributed by atoms with E-state index in [9.17, 15) is 22.8 Å². The first kappa shape index (κ1) is 18.1. The first-order valence-electron chi connectivity index (χ1n) is 7.00. The average Bonchev–Trinajstić information content (AvgIpc) is 2.53. The molecule has 0 radical (unpaired) electrons. The van der Waals surface area contributed by atoms with Crippen LogP contribution in [0.25, 0.3) is 0 Å². The molecule has 1 heterocycles. The molecule has 1 aromatic carbocycles. The van der Waals surface area contributed by atoms with Crippen molar-refractivity contribution in [1.82, 2.24) is 4.57 Å². The minimum atomic E-state index is -4.81. The second-order valence-electron chi connectivity index (χ2n) is 5.06. The molecule has 0 aliphatic heterocycles. The molecule has 0 fully saturated rings. The minimum Gasteiger partial charge on any atom is -0.315 e. The van der Waals surface area contributed by atoms with Gasteiger partial charge < -0.3 is 9.47 Å². The lowest BCUT2D eigenvalue weighted by Crippen LogP contribution is -2.32. The van der Waals surface area contributed by atoms with Crippen molar-refractivity contribution in [1.29, 1.82) is 0 Å². The van der Waals surface area contributed by atoms with Gasteiger partial charge in [0.2, 0.25) is 0 Å². The maximum Gasteiger partial charge on any atom is 0.417 e. The Morgan fingerprint density at radius 2 is 1.83 bits per heavy atom. The van der Waals surface area contributed by atoms with E-state index in [4.69, 9.17) is 11.6 Å². The number of amides is 1. The summed E-state index contributed by atoms with van der Waals surface area (Å²) in [6.07, 6.45) is -3.86. The lowest BCUT2D eigenvalue weighted by atomic mass is 10.1. The third-order valence-electron chi connectivity index (χ3n) is 3.52. The molecule has 0 atom stereocenters. The maximum atomic E-state index is 13.2. The molecule has 8 heteroatoms. The summed E-state index contributed by atoms with van der Waals surface area (Å²) in [5.41, 5.74) is -2.26. The standard InChI is InChI=1S/C16H14ClF3N2O2/c1-3-22-9-12(13(8-14(22)23)16(18,19)20)15(24)21(2)11-6-4-10(17)5-7-11/h4-9H,3H2,1-2H3. The average molecular weight is 359 g/mol. The van der Waals surface area contributed by atoms with Gasteiger partial charge in [-0.1, -0.05) is 11.6 Å². The van der Waals surface area contributed by atoms with Crippen LogP contribution in [0.5, 0.6) is 0 Å². The fourth-order valence-electron chi connectivity index (χ4n) is 2.19. The van der Waals surface area contributed by atoms with Crippen molar-refractivity contribution < 1.29 is 18.0 Å². The summed E-state index contributed by atoms with van der Waals surface area (Å²) in [7, 11) is 1.35. The Hall–Kier alpha value is -2.28. The van der Waals surface area contributed by atoms with Crippen molar-refractivity contribution in [3.8, 4) is 0 Å². The Bertz CT molecular complexity index is 814. The quantitative estimate of drug-likeness (QED) is 0.837. The molecule has 0 N–H and O–H groups in total. The van der Waals surface area contributed by atoms with Crippen LogP contribution in [0.3, 0.4) is 0 Å². The highest BCUT2D eigenvalue weighted by Crippen LogP contribution is 2.32. The van der Waals surface area contributed by atoms with E-state index < -0.39 is 28.8 Å². The molecule has 0 bridgehead atoms. The van der Waals surface area contributed by atoms with E-state index in [1.165, 1.54) is 31.3 Å². The summed E-state index contributed by atoms with van der Waals surface area (Å²) in [5.74, 6) is -0.869. The van der Waals surface area contributed by atoms with Gasteiger partial charge in [-0.3, -0.25) is 9.59 Å². The van der Waals surface area contributed by atoms with Gasteiger partial charge >= 0.3 is 6.18 Å². The zero-order valence-corrected chi connectivity index (χ0v) is 13.6. The van der Waals surface area contributed by atoms with E-state index in [1.807, 2.05) is 0 Å². The number of pyridine rings is 1. The Balaban J connectivity index is 2.55. The number of aromatic nitrogens is 1. The predicted octanol–water partition coefficient (Wildman–Crippen LogP) is 3.82. The lowest BCUT2D eigenvalue weighted by molar-refractivity contribution is -0.138.